The standard InChI is InChI=1S/C108H85BN6/c1-106(2,3)71-53-60-97-84(63-71)85-64-72(107(4,5)6)54-61-98(85)110(97)73-55-59-88-100(65-73)113(90-45-25-17-37-76(90)69-34-14-11-15-35-69)102-67-74(111-91-46-26-18-38-78(91)79-39-19-27-47-92(79)111)66-101-103(102)109(88)87-58-52-70(62-99(87)112(101)89-44-24-16-36-75(89)68-32-12-10-13-33-68)77-56-57-86(108(7,8)9)105(115-95-50-30-22-42-82(95)83-43-23-31-51-96(83)115)104(77)114-93-48-28-20-40-80(93)81-41-21-29-49-94(81)114/h10-67H,1-9H3. The average Bonchev–Trinajstić information content (AvgIpc) is 1.16. The number of fused-ring (bicyclic) bond motifs is 16. The summed E-state index contributed by atoms with van der Waals surface area (Å²) in [5.74, 6) is 0. The van der Waals surface area contributed by atoms with E-state index in [1.54, 1.807) is 0 Å². The van der Waals surface area contributed by atoms with Crippen LogP contribution in [0, 0.1) is 0 Å². The van der Waals surface area contributed by atoms with Gasteiger partial charge in [-0.25, -0.2) is 0 Å². The van der Waals surface area contributed by atoms with Gasteiger partial charge in [-0.05, 0) is 169 Å². The number of para-hydroxylation sites is 8. The van der Waals surface area contributed by atoms with E-state index < -0.39 is 0 Å². The molecule has 0 radical (unpaired) electrons. The molecule has 0 unspecified atom stereocenters. The molecule has 0 aliphatic carbocycles. The van der Waals surface area contributed by atoms with E-state index in [2.05, 4.69) is 442 Å². The summed E-state index contributed by atoms with van der Waals surface area (Å²) >= 11 is 0. The lowest BCUT2D eigenvalue weighted by Gasteiger charge is -2.45. The van der Waals surface area contributed by atoms with Gasteiger partial charge in [-0.3, -0.25) is 0 Å². The molecule has 0 amide bonds. The van der Waals surface area contributed by atoms with Crippen LogP contribution in [-0.4, -0.2) is 25.0 Å². The van der Waals surface area contributed by atoms with Crippen LogP contribution in [0.2, 0.25) is 0 Å². The fourth-order valence-electron chi connectivity index (χ4n) is 19.6. The van der Waals surface area contributed by atoms with Crippen molar-refractivity contribution in [3.8, 4) is 56.1 Å². The van der Waals surface area contributed by atoms with E-state index in [0.29, 0.717) is 0 Å². The van der Waals surface area contributed by atoms with Crippen LogP contribution >= 0.6 is 0 Å². The van der Waals surface area contributed by atoms with E-state index in [1.165, 1.54) is 87.2 Å². The number of anilines is 6. The highest BCUT2D eigenvalue weighted by molar-refractivity contribution is 7.00. The second kappa shape index (κ2) is 25.4. The molecular formula is C108H85BN6. The Hall–Kier alpha value is -13.6. The van der Waals surface area contributed by atoms with Crippen molar-refractivity contribution in [3.05, 3.63) is 369 Å². The predicted molar refractivity (Wildman–Crippen MR) is 490 cm³/mol. The van der Waals surface area contributed by atoms with Crippen LogP contribution in [0.3, 0.4) is 0 Å². The highest BCUT2D eigenvalue weighted by Gasteiger charge is 2.46. The van der Waals surface area contributed by atoms with Crippen molar-refractivity contribution in [2.75, 3.05) is 9.80 Å². The minimum Gasteiger partial charge on any atom is -0.311 e. The summed E-state index contributed by atoms with van der Waals surface area (Å²) in [6, 6.07) is 134. The Kier molecular flexibility index (Phi) is 15.1. The van der Waals surface area contributed by atoms with E-state index in [0.717, 1.165) is 123 Å². The number of hydrogen-bond acceptors (Lipinski definition) is 2. The Morgan fingerprint density at radius 1 is 0.217 bits per heavy atom. The molecule has 550 valence electrons. The molecular weight excluding hydrogens is 1390 g/mol. The Labute approximate surface area is 671 Å². The second-order valence-corrected chi connectivity index (χ2v) is 34.8. The quantitative estimate of drug-likeness (QED) is 0.135. The highest BCUT2D eigenvalue weighted by Crippen LogP contribution is 2.53. The fraction of sp³-hybridized carbons (Fsp3) is 0.111. The van der Waals surface area contributed by atoms with E-state index >= 15 is 0 Å². The summed E-state index contributed by atoms with van der Waals surface area (Å²) in [4.78, 5) is 5.32. The van der Waals surface area contributed by atoms with Crippen molar-refractivity contribution in [1.29, 1.82) is 0 Å². The largest absolute Gasteiger partial charge is 0.311 e. The SMILES string of the molecule is CC(C)(C)c1ccc2c(c1)c1cc(C(C)(C)C)ccc1n2-c1ccc2c(c1)N(c1ccccc1-c1ccccc1)c1cc(-n3c4ccccc4c4ccccc43)cc3c1B2c1ccc(-c2ccc(C(C)(C)C)c(-n4c5ccccc5c5ccccc54)c2-n2c4ccccc4c4ccccc42)cc1N3c1ccccc1-c1ccccc1. The normalized spacial score (nSPS) is 13.0. The molecule has 0 N–H and O–H groups in total. The van der Waals surface area contributed by atoms with Gasteiger partial charge >= 0.3 is 0 Å². The molecule has 6 heterocycles. The lowest BCUT2D eigenvalue weighted by molar-refractivity contribution is 0.587. The molecule has 7 heteroatoms. The molecule has 2 aliphatic heterocycles. The summed E-state index contributed by atoms with van der Waals surface area (Å²) in [6.45, 7) is 20.9. The number of hydrogen-bond donors (Lipinski definition) is 0. The van der Waals surface area contributed by atoms with Gasteiger partial charge in [-0.2, -0.15) is 0 Å². The molecule has 16 aromatic carbocycles. The molecule has 2 aliphatic rings. The van der Waals surface area contributed by atoms with Crippen LogP contribution in [0.25, 0.3) is 143 Å². The lowest BCUT2D eigenvalue weighted by atomic mass is 9.33. The van der Waals surface area contributed by atoms with Gasteiger partial charge in [0.05, 0.1) is 72.6 Å². The number of aromatic nitrogens is 4. The second-order valence-electron chi connectivity index (χ2n) is 34.8. The van der Waals surface area contributed by atoms with E-state index in [9.17, 15) is 0 Å². The first kappa shape index (κ1) is 68.2. The van der Waals surface area contributed by atoms with Crippen molar-refractivity contribution in [2.45, 2.75) is 78.6 Å². The molecule has 0 spiro atoms. The Morgan fingerprint density at radius 3 is 1.01 bits per heavy atom. The summed E-state index contributed by atoms with van der Waals surface area (Å²) in [6.07, 6.45) is 0. The molecule has 115 heavy (non-hydrogen) atoms. The maximum absolute atomic E-state index is 2.67. The molecule has 6 nitrogen and oxygen atoms in total. The number of nitrogens with zero attached hydrogens (tertiary/aromatic N) is 6. The van der Waals surface area contributed by atoms with Gasteiger partial charge in [0.1, 0.15) is 0 Å². The summed E-state index contributed by atoms with van der Waals surface area (Å²) in [5.41, 5.74) is 34.2. The van der Waals surface area contributed by atoms with Gasteiger partial charge in [0.25, 0.3) is 6.71 Å². The van der Waals surface area contributed by atoms with Gasteiger partial charge in [-0.1, -0.05) is 311 Å². The van der Waals surface area contributed by atoms with Gasteiger partial charge in [0, 0.05) is 88.2 Å². The third-order valence-corrected chi connectivity index (χ3v) is 25.0. The molecule has 0 bridgehead atoms. The molecule has 4 aromatic heterocycles. The summed E-state index contributed by atoms with van der Waals surface area (Å²) < 4.78 is 10.3. The van der Waals surface area contributed by atoms with Crippen LogP contribution in [0.4, 0.5) is 34.1 Å². The van der Waals surface area contributed by atoms with Crippen LogP contribution < -0.4 is 26.2 Å². The van der Waals surface area contributed by atoms with Crippen molar-refractivity contribution in [3.63, 3.8) is 0 Å². The highest BCUT2D eigenvalue weighted by atomic mass is 15.2. The zero-order chi connectivity index (χ0) is 77.5. The molecule has 22 rings (SSSR count). The zero-order valence-electron chi connectivity index (χ0n) is 66.2. The molecule has 0 saturated heterocycles. The monoisotopic (exact) mass is 1480 g/mol. The van der Waals surface area contributed by atoms with Gasteiger partial charge < -0.3 is 28.1 Å². The minimum atomic E-state index is -0.312. The lowest BCUT2D eigenvalue weighted by Crippen LogP contribution is -2.61. The maximum Gasteiger partial charge on any atom is 0.252 e. The number of benzene rings is 16. The Morgan fingerprint density at radius 2 is 0.574 bits per heavy atom. The van der Waals surface area contributed by atoms with Crippen LogP contribution in [-0.2, 0) is 16.2 Å². The first-order valence-corrected chi connectivity index (χ1v) is 40.6. The van der Waals surface area contributed by atoms with Crippen LogP contribution in [0.1, 0.15) is 79.0 Å². The van der Waals surface area contributed by atoms with Crippen molar-refractivity contribution >= 4 is 144 Å². The molecule has 0 atom stereocenters. The molecule has 20 aromatic rings. The summed E-state index contributed by atoms with van der Waals surface area (Å²) in [5, 5.41) is 9.78. The Balaban J connectivity index is 0.898. The fourth-order valence-corrected chi connectivity index (χ4v) is 19.6. The van der Waals surface area contributed by atoms with Crippen LogP contribution in [0.15, 0.2) is 352 Å². The maximum atomic E-state index is 2.67. The van der Waals surface area contributed by atoms with E-state index in [1.807, 2.05) is 0 Å². The van der Waals surface area contributed by atoms with Crippen molar-refractivity contribution < 1.29 is 0 Å². The van der Waals surface area contributed by atoms with Crippen molar-refractivity contribution in [2.24, 2.45) is 0 Å². The summed E-state index contributed by atoms with van der Waals surface area (Å²) in [7, 11) is 0. The smallest absolute Gasteiger partial charge is 0.252 e. The van der Waals surface area contributed by atoms with Crippen LogP contribution in [0.5, 0.6) is 0 Å². The molecule has 0 fully saturated rings. The average molecular weight is 1480 g/mol. The third-order valence-electron chi connectivity index (χ3n) is 25.0. The zero-order valence-corrected chi connectivity index (χ0v) is 66.2. The van der Waals surface area contributed by atoms with E-state index in [4.69, 9.17) is 0 Å². The third kappa shape index (κ3) is 10.4. The number of rotatable bonds is 9. The van der Waals surface area contributed by atoms with E-state index in [-0.39, 0.29) is 23.0 Å². The first-order chi connectivity index (χ1) is 56.0. The van der Waals surface area contributed by atoms with Gasteiger partial charge in [0.2, 0.25) is 0 Å². The predicted octanol–water partition coefficient (Wildman–Crippen LogP) is 27.1. The topological polar surface area (TPSA) is 26.2 Å². The van der Waals surface area contributed by atoms with Gasteiger partial charge in [0.15, 0.2) is 0 Å². The van der Waals surface area contributed by atoms with Gasteiger partial charge in [-0.15, -0.1) is 0 Å². The minimum absolute atomic E-state index is 0.0643. The molecule has 0 saturated carbocycles. The first-order valence-electron chi connectivity index (χ1n) is 40.6. The Bertz CT molecular complexity index is 7200. The van der Waals surface area contributed by atoms with Crippen molar-refractivity contribution in [1.82, 2.24) is 18.3 Å².